The molecular weight excluding hydrogens is 310 g/mol. The van der Waals surface area contributed by atoms with Gasteiger partial charge in [0.25, 0.3) is 0 Å². The van der Waals surface area contributed by atoms with E-state index >= 15 is 0 Å². The number of methoxy groups -OCH3 is 1. The molecule has 0 bridgehead atoms. The largest absolute Gasteiger partial charge is 0.497 e. The molecule has 19 heavy (non-hydrogen) atoms. The highest BCUT2D eigenvalue weighted by molar-refractivity contribution is 9.09. The van der Waals surface area contributed by atoms with Gasteiger partial charge in [-0.3, -0.25) is 0 Å². The van der Waals surface area contributed by atoms with Crippen LogP contribution in [-0.4, -0.2) is 31.0 Å². The molecule has 0 unspecified atom stereocenters. The number of ether oxygens (including phenoxy) is 2. The Kier molecular flexibility index (Phi) is 5.22. The lowest BCUT2D eigenvalue weighted by atomic mass is 9.91. The zero-order valence-electron chi connectivity index (χ0n) is 11.1. The lowest BCUT2D eigenvalue weighted by molar-refractivity contribution is -0.149. The molecule has 1 heterocycles. The van der Waals surface area contributed by atoms with Gasteiger partial charge in [-0.15, -0.1) is 0 Å². The molecule has 1 aliphatic rings. The molecule has 0 saturated carbocycles. The monoisotopic (exact) mass is 327 g/mol. The summed E-state index contributed by atoms with van der Waals surface area (Å²) >= 11 is 3.46. The van der Waals surface area contributed by atoms with E-state index in [2.05, 4.69) is 33.2 Å². The summed E-state index contributed by atoms with van der Waals surface area (Å²) in [4.78, 5) is 5.33. The number of benzene rings is 1. The zero-order valence-corrected chi connectivity index (χ0v) is 12.7. The molecule has 0 amide bonds. The second-order valence-corrected chi connectivity index (χ2v) is 4.83. The van der Waals surface area contributed by atoms with Crippen molar-refractivity contribution in [2.75, 3.05) is 19.0 Å². The van der Waals surface area contributed by atoms with Crippen molar-refractivity contribution in [3.05, 3.63) is 29.8 Å². The Morgan fingerprint density at radius 2 is 2.11 bits per heavy atom. The van der Waals surface area contributed by atoms with Crippen LogP contribution < -0.4 is 4.74 Å². The predicted octanol–water partition coefficient (Wildman–Crippen LogP) is 3.31. The Bertz CT molecular complexity index is 433. The van der Waals surface area contributed by atoms with E-state index in [-0.39, 0.29) is 12.2 Å². The van der Waals surface area contributed by atoms with Crippen molar-refractivity contribution in [1.82, 2.24) is 0 Å². The van der Waals surface area contributed by atoms with Gasteiger partial charge in [0.05, 0.1) is 12.8 Å². The summed E-state index contributed by atoms with van der Waals surface area (Å²) in [6.07, 6.45) is 0.518. The quantitative estimate of drug-likeness (QED) is 0.779. The van der Waals surface area contributed by atoms with Gasteiger partial charge in [-0.05, 0) is 24.6 Å². The van der Waals surface area contributed by atoms with E-state index in [4.69, 9.17) is 14.3 Å². The predicted molar refractivity (Wildman–Crippen MR) is 78.1 cm³/mol. The molecule has 1 aliphatic heterocycles. The Hall–Kier alpha value is -1.07. The second-order valence-electron chi connectivity index (χ2n) is 4.27. The van der Waals surface area contributed by atoms with Crippen LogP contribution in [0.25, 0.3) is 0 Å². The average Bonchev–Trinajstić information content (AvgIpc) is 2.47. The van der Waals surface area contributed by atoms with Crippen molar-refractivity contribution >= 4 is 21.6 Å². The highest BCUT2D eigenvalue weighted by Crippen LogP contribution is 2.30. The number of rotatable bonds is 5. The van der Waals surface area contributed by atoms with Crippen LogP contribution in [0.4, 0.5) is 0 Å². The van der Waals surface area contributed by atoms with Crippen LogP contribution in [0.2, 0.25) is 0 Å². The van der Waals surface area contributed by atoms with Gasteiger partial charge in [0.1, 0.15) is 5.75 Å². The van der Waals surface area contributed by atoms with Gasteiger partial charge in [0.15, 0.2) is 0 Å². The first-order valence-corrected chi connectivity index (χ1v) is 7.44. The van der Waals surface area contributed by atoms with Gasteiger partial charge >= 0.3 is 0 Å². The molecule has 5 heteroatoms. The first-order chi connectivity index (χ1) is 9.28. The van der Waals surface area contributed by atoms with E-state index in [0.29, 0.717) is 11.9 Å². The van der Waals surface area contributed by atoms with Crippen molar-refractivity contribution in [3.63, 3.8) is 0 Å². The third kappa shape index (κ3) is 3.48. The topological polar surface area (TPSA) is 40.0 Å². The van der Waals surface area contributed by atoms with Crippen molar-refractivity contribution in [2.45, 2.75) is 25.6 Å². The molecule has 0 aliphatic carbocycles. The Morgan fingerprint density at radius 1 is 1.37 bits per heavy atom. The first-order valence-electron chi connectivity index (χ1n) is 6.32. The summed E-state index contributed by atoms with van der Waals surface area (Å²) < 4.78 is 10.7. The summed E-state index contributed by atoms with van der Waals surface area (Å²) in [5.74, 6) is 1.07. The number of nitrogens with zero attached hydrogens (tertiary/aromatic N) is 1. The van der Waals surface area contributed by atoms with E-state index in [9.17, 15) is 0 Å². The van der Waals surface area contributed by atoms with Crippen molar-refractivity contribution < 1.29 is 14.3 Å². The summed E-state index contributed by atoms with van der Waals surface area (Å²) in [5, 5.41) is 4.86. The van der Waals surface area contributed by atoms with E-state index in [1.165, 1.54) is 5.56 Å². The maximum absolute atomic E-state index is 5.50. The molecule has 104 valence electrons. The molecule has 1 aromatic rings. The second kappa shape index (κ2) is 6.91. The summed E-state index contributed by atoms with van der Waals surface area (Å²) in [6, 6.07) is 8.06. The number of halogens is 1. The van der Waals surface area contributed by atoms with Crippen molar-refractivity contribution in [2.24, 2.45) is 5.16 Å². The fraction of sp³-hybridized carbons (Fsp3) is 0.500. The minimum atomic E-state index is -0.264. The average molecular weight is 328 g/mol. The van der Waals surface area contributed by atoms with Crippen LogP contribution in [0.3, 0.4) is 0 Å². The molecule has 0 aromatic heterocycles. The van der Waals surface area contributed by atoms with Gasteiger partial charge in [0.2, 0.25) is 6.29 Å². The molecule has 2 atom stereocenters. The smallest absolute Gasteiger partial charge is 0.227 e. The summed E-state index contributed by atoms with van der Waals surface area (Å²) in [5.41, 5.74) is 2.19. The maximum atomic E-state index is 5.50. The fourth-order valence-electron chi connectivity index (χ4n) is 2.13. The highest BCUT2D eigenvalue weighted by atomic mass is 79.9. The zero-order chi connectivity index (χ0) is 13.7. The minimum Gasteiger partial charge on any atom is -0.497 e. The Labute approximate surface area is 121 Å². The number of alkyl halides is 1. The fourth-order valence-corrected chi connectivity index (χ4v) is 2.62. The molecule has 0 saturated heterocycles. The van der Waals surface area contributed by atoms with Gasteiger partial charge < -0.3 is 14.3 Å². The van der Waals surface area contributed by atoms with E-state index in [1.54, 1.807) is 7.11 Å². The highest BCUT2D eigenvalue weighted by Gasteiger charge is 2.28. The molecular formula is C14H18BrNO3. The third-order valence-electron chi connectivity index (χ3n) is 3.13. The van der Waals surface area contributed by atoms with Gasteiger partial charge in [-0.1, -0.05) is 33.2 Å². The van der Waals surface area contributed by atoms with Crippen LogP contribution in [0.1, 0.15) is 24.8 Å². The number of hydrogen-bond acceptors (Lipinski definition) is 4. The van der Waals surface area contributed by atoms with Gasteiger partial charge in [-0.25, -0.2) is 0 Å². The van der Waals surface area contributed by atoms with Crippen LogP contribution in [0, 0.1) is 0 Å². The SMILES string of the molecule is CCO[C@H]1C[C@@H](c2ccc(OC)cc2)C(CBr)=NO1. The Balaban J connectivity index is 2.18. The lowest BCUT2D eigenvalue weighted by Gasteiger charge is -2.27. The number of oxime groups is 1. The molecule has 0 spiro atoms. The molecule has 0 radical (unpaired) electrons. The van der Waals surface area contributed by atoms with Crippen LogP contribution in [0.15, 0.2) is 29.4 Å². The molecule has 0 fully saturated rings. The summed E-state index contributed by atoms with van der Waals surface area (Å²) in [7, 11) is 1.67. The van der Waals surface area contributed by atoms with E-state index in [0.717, 1.165) is 17.9 Å². The van der Waals surface area contributed by atoms with E-state index < -0.39 is 0 Å². The number of hydrogen-bond donors (Lipinski definition) is 0. The Morgan fingerprint density at radius 3 is 2.68 bits per heavy atom. The van der Waals surface area contributed by atoms with Crippen LogP contribution >= 0.6 is 15.9 Å². The van der Waals surface area contributed by atoms with Gasteiger partial charge in [0, 0.05) is 24.3 Å². The first kappa shape index (κ1) is 14.3. The third-order valence-corrected chi connectivity index (χ3v) is 3.70. The molecule has 2 rings (SSSR count). The van der Waals surface area contributed by atoms with Crippen molar-refractivity contribution in [3.8, 4) is 5.75 Å². The van der Waals surface area contributed by atoms with Crippen LogP contribution in [0.5, 0.6) is 5.75 Å². The summed E-state index contributed by atoms with van der Waals surface area (Å²) in [6.45, 7) is 2.58. The molecule has 4 nitrogen and oxygen atoms in total. The van der Waals surface area contributed by atoms with Crippen molar-refractivity contribution in [1.29, 1.82) is 0 Å². The molecule has 1 aromatic carbocycles. The maximum Gasteiger partial charge on any atom is 0.227 e. The standard InChI is InChI=1S/C14H18BrNO3/c1-3-18-14-8-12(13(9-15)16-19-14)10-4-6-11(17-2)7-5-10/h4-7,12,14H,3,8-9H2,1-2H3/t12-,14+/m0/s1. The molecule has 0 N–H and O–H groups in total. The van der Waals surface area contributed by atoms with Gasteiger partial charge in [-0.2, -0.15) is 0 Å². The van der Waals surface area contributed by atoms with Crippen LogP contribution in [-0.2, 0) is 9.57 Å². The normalized spacial score (nSPS) is 22.6. The minimum absolute atomic E-state index is 0.218. The van der Waals surface area contributed by atoms with E-state index in [1.807, 2.05) is 19.1 Å². The lowest BCUT2D eigenvalue weighted by Crippen LogP contribution is -2.29.